The lowest BCUT2D eigenvalue weighted by atomic mass is 10.1. The molecule has 1 amide bonds. The average molecular weight is 509 g/mol. The molecule has 1 aromatic heterocycles. The molecule has 0 radical (unpaired) electrons. The first-order valence-electron chi connectivity index (χ1n) is 12.3. The Labute approximate surface area is 209 Å². The molecule has 35 heavy (non-hydrogen) atoms. The van der Waals surface area contributed by atoms with E-state index < -0.39 is 39.7 Å². The largest absolute Gasteiger partial charge is 0.543 e. The normalized spacial score (nSPS) is 13.9. The molecule has 0 spiro atoms. The van der Waals surface area contributed by atoms with Gasteiger partial charge in [-0.2, -0.15) is 0 Å². The van der Waals surface area contributed by atoms with Crippen LogP contribution in [0.3, 0.4) is 0 Å². The predicted octanol–water partition coefficient (Wildman–Crippen LogP) is 5.06. The van der Waals surface area contributed by atoms with Crippen LogP contribution in [-0.2, 0) is 0 Å². The van der Waals surface area contributed by atoms with Crippen LogP contribution in [0, 0.1) is 0 Å². The van der Waals surface area contributed by atoms with Crippen LogP contribution in [0.1, 0.15) is 59.0 Å². The predicted molar refractivity (Wildman–Crippen MR) is 139 cm³/mol. The second-order valence-corrected chi connectivity index (χ2v) is 15.4. The highest BCUT2D eigenvalue weighted by Gasteiger charge is 2.47. The molecule has 4 N–H and O–H groups in total. The zero-order valence-corrected chi connectivity index (χ0v) is 22.9. The fourth-order valence-corrected chi connectivity index (χ4v) is 9.98. The number of ether oxygens (including phenoxy) is 1. The van der Waals surface area contributed by atoms with Crippen molar-refractivity contribution < 1.29 is 28.6 Å². The van der Waals surface area contributed by atoms with Gasteiger partial charge in [0.05, 0.1) is 12.7 Å². The summed E-state index contributed by atoms with van der Waals surface area (Å²) in [5, 5.41) is 21.0. The molecule has 1 heterocycles. The maximum absolute atomic E-state index is 13.2. The van der Waals surface area contributed by atoms with Gasteiger partial charge < -0.3 is 29.7 Å². The number of aliphatic hydroxyl groups excluding tert-OH is 2. The maximum Gasteiger partial charge on any atom is 0.267 e. The zero-order valence-electron chi connectivity index (χ0n) is 21.9. The summed E-state index contributed by atoms with van der Waals surface area (Å²) < 4.78 is 25.9. The highest BCUT2D eigenvalue weighted by Crippen LogP contribution is 2.44. The van der Waals surface area contributed by atoms with Crippen LogP contribution < -0.4 is 14.5 Å². The molecular formula is C26H41FN2O5Si. The van der Waals surface area contributed by atoms with Crippen molar-refractivity contribution in [2.45, 2.75) is 77.3 Å². The van der Waals surface area contributed by atoms with Crippen molar-refractivity contribution in [3.05, 3.63) is 36.0 Å². The van der Waals surface area contributed by atoms with Gasteiger partial charge in [0.1, 0.15) is 30.0 Å². The molecule has 7 nitrogen and oxygen atoms in total. The number of H-pyrrole nitrogens is 1. The Bertz CT molecular complexity index is 941. The molecule has 2 rings (SSSR count). The summed E-state index contributed by atoms with van der Waals surface area (Å²) in [6, 6.07) is 8.95. The summed E-state index contributed by atoms with van der Waals surface area (Å²) in [6.45, 7) is 13.8. The van der Waals surface area contributed by atoms with Crippen molar-refractivity contribution >= 4 is 14.2 Å². The van der Waals surface area contributed by atoms with Gasteiger partial charge in [-0.15, -0.1) is 0 Å². The first-order chi connectivity index (χ1) is 16.4. The minimum atomic E-state index is -2.25. The van der Waals surface area contributed by atoms with Crippen LogP contribution in [0.2, 0.25) is 16.6 Å². The van der Waals surface area contributed by atoms with Crippen molar-refractivity contribution in [2.75, 3.05) is 19.8 Å². The third-order valence-electron chi connectivity index (χ3n) is 6.39. The number of aromatic nitrogens is 1. The standard InChI is InChI=1S/C26H41FN2O5Si/c1-16(2)35(17(3)4,18(5)6)34-23-11-20(10-22(12-23)33-19(7)13-27)24-8-9-25(29-24)26(32)28-14-21(31)15-30/h8-12,16-19,21,29-31H,13-15H2,1-7H3,(H,28,32)/t19-,21-/m0/s1. The van der Waals surface area contributed by atoms with Gasteiger partial charge >= 0.3 is 0 Å². The van der Waals surface area contributed by atoms with Crippen LogP contribution in [0.15, 0.2) is 30.3 Å². The third-order valence-corrected chi connectivity index (χ3v) is 12.4. The highest BCUT2D eigenvalue weighted by molar-refractivity contribution is 6.78. The second-order valence-electron chi connectivity index (χ2n) is 10.0. The number of benzene rings is 1. The fraction of sp³-hybridized carbons (Fsp3) is 0.577. The third kappa shape index (κ3) is 7.08. The number of aliphatic hydroxyl groups is 2. The number of aromatic amines is 1. The number of carbonyl (C=O) groups excluding carboxylic acids is 1. The van der Waals surface area contributed by atoms with Crippen LogP contribution in [0.25, 0.3) is 11.3 Å². The summed E-state index contributed by atoms with van der Waals surface area (Å²) >= 11 is 0. The fourth-order valence-electron chi connectivity index (χ4n) is 4.74. The smallest absolute Gasteiger partial charge is 0.267 e. The Morgan fingerprint density at radius 2 is 1.63 bits per heavy atom. The van der Waals surface area contributed by atoms with E-state index in [1.165, 1.54) is 0 Å². The lowest BCUT2D eigenvalue weighted by Crippen LogP contribution is -2.50. The summed E-state index contributed by atoms with van der Waals surface area (Å²) in [5.74, 6) is 0.760. The van der Waals surface area contributed by atoms with E-state index in [4.69, 9.17) is 14.3 Å². The average Bonchev–Trinajstić information content (AvgIpc) is 3.30. The van der Waals surface area contributed by atoms with Crippen LogP contribution >= 0.6 is 0 Å². The number of hydrogen-bond acceptors (Lipinski definition) is 5. The first-order valence-corrected chi connectivity index (χ1v) is 14.4. The maximum atomic E-state index is 13.2. The molecular weight excluding hydrogens is 467 g/mol. The van der Waals surface area contributed by atoms with E-state index in [0.717, 1.165) is 5.56 Å². The number of carbonyl (C=O) groups is 1. The molecule has 0 unspecified atom stereocenters. The van der Waals surface area contributed by atoms with Gasteiger partial charge in [-0.05, 0) is 47.8 Å². The molecule has 196 valence electrons. The molecule has 0 saturated heterocycles. The quantitative estimate of drug-likeness (QED) is 0.283. The highest BCUT2D eigenvalue weighted by atomic mass is 28.4. The van der Waals surface area contributed by atoms with Gasteiger partial charge in [0.15, 0.2) is 0 Å². The molecule has 2 atom stereocenters. The van der Waals surface area contributed by atoms with E-state index in [1.807, 2.05) is 12.1 Å². The Balaban J connectivity index is 2.46. The van der Waals surface area contributed by atoms with E-state index in [2.05, 4.69) is 51.8 Å². The molecule has 0 fully saturated rings. The number of halogens is 1. The van der Waals surface area contributed by atoms with Gasteiger partial charge in [0, 0.05) is 23.9 Å². The molecule has 0 saturated carbocycles. The van der Waals surface area contributed by atoms with E-state index in [-0.39, 0.29) is 6.54 Å². The van der Waals surface area contributed by atoms with Crippen molar-refractivity contribution in [1.82, 2.24) is 10.3 Å². The lowest BCUT2D eigenvalue weighted by Gasteiger charge is -2.42. The van der Waals surface area contributed by atoms with Crippen LogP contribution in [-0.4, -0.2) is 61.5 Å². The molecule has 0 aliphatic carbocycles. The Morgan fingerprint density at radius 3 is 2.17 bits per heavy atom. The van der Waals surface area contributed by atoms with Gasteiger partial charge in [0.2, 0.25) is 0 Å². The number of amides is 1. The molecule has 0 aliphatic rings. The van der Waals surface area contributed by atoms with Crippen molar-refractivity contribution in [3.63, 3.8) is 0 Å². The zero-order chi connectivity index (χ0) is 26.3. The molecule has 2 aromatic rings. The lowest BCUT2D eigenvalue weighted by molar-refractivity contribution is 0.0799. The first kappa shape index (κ1) is 28.9. The van der Waals surface area contributed by atoms with Crippen molar-refractivity contribution in [2.24, 2.45) is 0 Å². The molecule has 0 bridgehead atoms. The summed E-state index contributed by atoms with van der Waals surface area (Å²) in [6.07, 6.45) is -1.63. The van der Waals surface area contributed by atoms with E-state index >= 15 is 0 Å². The molecule has 9 heteroatoms. The van der Waals surface area contributed by atoms with Crippen LogP contribution in [0.5, 0.6) is 11.5 Å². The minimum Gasteiger partial charge on any atom is -0.543 e. The van der Waals surface area contributed by atoms with Crippen molar-refractivity contribution in [3.8, 4) is 22.8 Å². The van der Waals surface area contributed by atoms with E-state index in [1.54, 1.807) is 25.1 Å². The minimum absolute atomic E-state index is 0.0571. The number of hydrogen-bond donors (Lipinski definition) is 4. The van der Waals surface area contributed by atoms with E-state index in [9.17, 15) is 14.3 Å². The topological polar surface area (TPSA) is 104 Å². The van der Waals surface area contributed by atoms with Crippen LogP contribution in [0.4, 0.5) is 4.39 Å². The number of alkyl halides is 1. The summed E-state index contributed by atoms with van der Waals surface area (Å²) in [4.78, 5) is 15.5. The van der Waals surface area contributed by atoms with Gasteiger partial charge in [-0.3, -0.25) is 4.79 Å². The Kier molecular flexibility index (Phi) is 10.4. The van der Waals surface area contributed by atoms with Crippen molar-refractivity contribution in [1.29, 1.82) is 0 Å². The SMILES string of the molecule is CC(C)[Si](Oc1cc(O[C@@H](C)CF)cc(-c2ccc(C(=O)NC[C@H](O)CO)[nH]2)c1)(C(C)C)C(C)C. The second kappa shape index (κ2) is 12.6. The summed E-state index contributed by atoms with van der Waals surface area (Å²) in [5.41, 5.74) is 2.84. The number of nitrogens with one attached hydrogen (secondary N) is 2. The summed E-state index contributed by atoms with van der Waals surface area (Å²) in [7, 11) is -2.25. The Hall–Kier alpha value is -2.36. The van der Waals surface area contributed by atoms with Gasteiger partial charge in [0.25, 0.3) is 14.2 Å². The number of rotatable bonds is 13. The van der Waals surface area contributed by atoms with Gasteiger partial charge in [-0.25, -0.2) is 4.39 Å². The van der Waals surface area contributed by atoms with Gasteiger partial charge in [-0.1, -0.05) is 41.5 Å². The Morgan fingerprint density at radius 1 is 1.03 bits per heavy atom. The van der Waals surface area contributed by atoms with E-state index in [0.29, 0.717) is 39.5 Å². The molecule has 1 aromatic carbocycles. The monoisotopic (exact) mass is 508 g/mol. The molecule has 0 aliphatic heterocycles.